The molecule has 2 N–H and O–H groups in total. The zero-order valence-electron chi connectivity index (χ0n) is 17.1. The number of carbonyl (C=O) groups excluding carboxylic acids is 1. The fraction of sp³-hybridized carbons (Fsp3) is 0.550. The number of nitrogens with zero attached hydrogens (tertiary/aromatic N) is 3. The monoisotopic (exact) mass is 405 g/mol. The highest BCUT2D eigenvalue weighted by molar-refractivity contribution is 7.79. The Labute approximate surface area is 172 Å². The predicted molar refractivity (Wildman–Crippen MR) is 117 cm³/mol. The highest BCUT2D eigenvalue weighted by atomic mass is 32.1. The first-order chi connectivity index (χ1) is 13.6. The summed E-state index contributed by atoms with van der Waals surface area (Å²) in [5.74, 6) is 1.24. The molecule has 28 heavy (non-hydrogen) atoms. The number of benzene rings is 1. The van der Waals surface area contributed by atoms with E-state index in [1.54, 1.807) is 6.26 Å². The van der Waals surface area contributed by atoms with Gasteiger partial charge in [0.2, 0.25) is 0 Å². The first kappa shape index (κ1) is 22.4. The van der Waals surface area contributed by atoms with Crippen LogP contribution in [0.25, 0.3) is 10.9 Å². The van der Waals surface area contributed by atoms with Crippen LogP contribution in [0.15, 0.2) is 24.3 Å². The van der Waals surface area contributed by atoms with E-state index in [-0.39, 0.29) is 11.9 Å². The molecule has 3 rings (SSSR count). The van der Waals surface area contributed by atoms with E-state index in [9.17, 15) is 4.79 Å². The van der Waals surface area contributed by atoms with Gasteiger partial charge < -0.3 is 15.4 Å². The Hall–Kier alpha value is -1.90. The molecule has 1 atom stereocenters. The van der Waals surface area contributed by atoms with Crippen molar-refractivity contribution in [3.8, 4) is 0 Å². The van der Waals surface area contributed by atoms with Gasteiger partial charge in [0.05, 0.1) is 19.2 Å². The Morgan fingerprint density at radius 1 is 1.25 bits per heavy atom. The van der Waals surface area contributed by atoms with Crippen LogP contribution in [0.3, 0.4) is 0 Å². The van der Waals surface area contributed by atoms with Gasteiger partial charge in [-0.05, 0) is 24.3 Å². The lowest BCUT2D eigenvalue weighted by atomic mass is 10.0. The Balaban J connectivity index is 0.00000136. The normalized spacial score (nSPS) is 15.6. The van der Waals surface area contributed by atoms with Crippen LogP contribution in [0.1, 0.15) is 19.7 Å². The number of piperazine rings is 1. The molecule has 0 aliphatic carbocycles. The van der Waals surface area contributed by atoms with E-state index in [0.29, 0.717) is 12.4 Å². The summed E-state index contributed by atoms with van der Waals surface area (Å²) in [4.78, 5) is 23.9. The topological polar surface area (TPSA) is 79.4 Å². The number of aromatic nitrogens is 2. The largest absolute Gasteiger partial charge is 0.467 e. The van der Waals surface area contributed by atoms with Gasteiger partial charge in [0, 0.05) is 31.6 Å². The Bertz CT molecular complexity index is 765. The summed E-state index contributed by atoms with van der Waals surface area (Å²) in [6.45, 7) is 8.60. The average Bonchev–Trinajstić information content (AvgIpc) is 2.73. The number of fused-ring (bicyclic) bond motifs is 1. The van der Waals surface area contributed by atoms with Gasteiger partial charge >= 0.3 is 5.97 Å². The zero-order valence-corrected chi connectivity index (χ0v) is 18.0. The van der Waals surface area contributed by atoms with Crippen LogP contribution in [0, 0.1) is 5.92 Å². The summed E-state index contributed by atoms with van der Waals surface area (Å²) in [6.07, 6.45) is 1.69. The van der Waals surface area contributed by atoms with Gasteiger partial charge in [-0.3, -0.25) is 4.90 Å². The SMILES string of the molecule is COC(=O)C(Nc1nc(CN2CCNCC2)nc2ccccc12)C(C)C.CS. The standard InChI is InChI=1S/C19H27N5O2.CH4S/c1-13(2)17(19(25)26-3)23-18-14-6-4-5-7-15(14)21-16(22-18)12-24-10-8-20-9-11-24;1-2/h4-7,13,17,20H,8-12H2,1-3H3,(H,21,22,23);2H,1H3. The van der Waals surface area contributed by atoms with Crippen molar-refractivity contribution < 1.29 is 9.53 Å². The lowest BCUT2D eigenvalue weighted by molar-refractivity contribution is -0.142. The van der Waals surface area contributed by atoms with Crippen LogP contribution >= 0.6 is 12.6 Å². The minimum atomic E-state index is -0.453. The number of rotatable bonds is 6. The fourth-order valence-electron chi connectivity index (χ4n) is 3.15. The van der Waals surface area contributed by atoms with Crippen LogP contribution in [0.2, 0.25) is 0 Å². The van der Waals surface area contributed by atoms with Crippen LogP contribution < -0.4 is 10.6 Å². The maximum Gasteiger partial charge on any atom is 0.328 e. The van der Waals surface area contributed by atoms with Crippen LogP contribution in [-0.4, -0.2) is 66.4 Å². The van der Waals surface area contributed by atoms with Gasteiger partial charge in [-0.2, -0.15) is 12.6 Å². The molecule has 0 spiro atoms. The summed E-state index contributed by atoms with van der Waals surface area (Å²) in [5.41, 5.74) is 0.877. The number of para-hydroxylation sites is 1. The highest BCUT2D eigenvalue weighted by Gasteiger charge is 2.24. The second-order valence-electron chi connectivity index (χ2n) is 6.92. The zero-order chi connectivity index (χ0) is 20.5. The number of esters is 1. The lowest BCUT2D eigenvalue weighted by Gasteiger charge is -2.27. The molecule has 1 aromatic heterocycles. The molecule has 2 heterocycles. The third-order valence-corrected chi connectivity index (χ3v) is 4.64. The van der Waals surface area contributed by atoms with E-state index in [1.165, 1.54) is 7.11 Å². The van der Waals surface area contributed by atoms with Gasteiger partial charge in [-0.1, -0.05) is 26.0 Å². The van der Waals surface area contributed by atoms with Crippen LogP contribution in [0.5, 0.6) is 0 Å². The molecule has 8 heteroatoms. The van der Waals surface area contributed by atoms with Crippen molar-refractivity contribution in [3.63, 3.8) is 0 Å². The van der Waals surface area contributed by atoms with Crippen LogP contribution in [0.4, 0.5) is 5.82 Å². The van der Waals surface area contributed by atoms with Crippen molar-refractivity contribution in [2.24, 2.45) is 5.92 Å². The minimum absolute atomic E-state index is 0.0767. The summed E-state index contributed by atoms with van der Waals surface area (Å²) in [6, 6.07) is 7.42. The highest BCUT2D eigenvalue weighted by Crippen LogP contribution is 2.23. The molecule has 1 aromatic carbocycles. The molecule has 1 aliphatic heterocycles. The summed E-state index contributed by atoms with van der Waals surface area (Å²) in [5, 5.41) is 7.55. The predicted octanol–water partition coefficient (Wildman–Crippen LogP) is 2.19. The molecule has 0 amide bonds. The van der Waals surface area contributed by atoms with E-state index in [1.807, 2.05) is 38.1 Å². The quantitative estimate of drug-likeness (QED) is 0.502. The molecule has 0 saturated carbocycles. The van der Waals surface area contributed by atoms with Crippen molar-refractivity contribution in [1.29, 1.82) is 0 Å². The average molecular weight is 406 g/mol. The summed E-state index contributed by atoms with van der Waals surface area (Å²) in [7, 11) is 1.41. The number of hydrogen-bond acceptors (Lipinski definition) is 8. The van der Waals surface area contributed by atoms with Gasteiger partial charge in [-0.15, -0.1) is 0 Å². The van der Waals surface area contributed by atoms with Gasteiger partial charge in [0.1, 0.15) is 17.7 Å². The molecule has 1 aliphatic rings. The second-order valence-corrected chi connectivity index (χ2v) is 6.92. The first-order valence-electron chi connectivity index (χ1n) is 9.56. The molecule has 0 radical (unpaired) electrons. The molecular formula is C20H31N5O2S. The molecule has 1 unspecified atom stereocenters. The van der Waals surface area contributed by atoms with Gasteiger partial charge in [0.15, 0.2) is 0 Å². The number of hydrogen-bond donors (Lipinski definition) is 3. The maximum absolute atomic E-state index is 12.2. The second kappa shape index (κ2) is 11.2. The van der Waals surface area contributed by atoms with E-state index in [0.717, 1.165) is 42.9 Å². The van der Waals surface area contributed by atoms with Gasteiger partial charge in [-0.25, -0.2) is 14.8 Å². The van der Waals surface area contributed by atoms with Gasteiger partial charge in [0.25, 0.3) is 0 Å². The first-order valence-corrected chi connectivity index (χ1v) is 10.5. The molecule has 2 aromatic rings. The maximum atomic E-state index is 12.2. The number of anilines is 1. The van der Waals surface area contributed by atoms with Crippen LogP contribution in [-0.2, 0) is 16.1 Å². The molecule has 1 saturated heterocycles. The van der Waals surface area contributed by atoms with E-state index in [2.05, 4.69) is 28.2 Å². The lowest BCUT2D eigenvalue weighted by Crippen LogP contribution is -2.43. The molecule has 7 nitrogen and oxygen atoms in total. The minimum Gasteiger partial charge on any atom is -0.467 e. The van der Waals surface area contributed by atoms with Crippen molar-refractivity contribution in [1.82, 2.24) is 20.2 Å². The van der Waals surface area contributed by atoms with Crippen molar-refractivity contribution in [3.05, 3.63) is 30.1 Å². The smallest absolute Gasteiger partial charge is 0.328 e. The van der Waals surface area contributed by atoms with Crippen molar-refractivity contribution >= 4 is 35.3 Å². The Morgan fingerprint density at radius 2 is 1.93 bits per heavy atom. The number of thiol groups is 1. The summed E-state index contributed by atoms with van der Waals surface area (Å²) >= 11 is 3.53. The fourth-order valence-corrected chi connectivity index (χ4v) is 3.15. The van der Waals surface area contributed by atoms with E-state index < -0.39 is 6.04 Å². The summed E-state index contributed by atoms with van der Waals surface area (Å²) < 4.78 is 4.95. The Kier molecular flexibility index (Phi) is 8.95. The molecule has 1 fully saturated rings. The number of nitrogens with one attached hydrogen (secondary N) is 2. The number of methoxy groups -OCH3 is 1. The van der Waals surface area contributed by atoms with E-state index in [4.69, 9.17) is 14.7 Å². The molecule has 0 bridgehead atoms. The number of ether oxygens (including phenoxy) is 1. The molecule has 154 valence electrons. The number of carbonyl (C=O) groups is 1. The van der Waals surface area contributed by atoms with Crippen molar-refractivity contribution in [2.45, 2.75) is 26.4 Å². The van der Waals surface area contributed by atoms with E-state index >= 15 is 0 Å². The third-order valence-electron chi connectivity index (χ3n) is 4.64. The Morgan fingerprint density at radius 3 is 2.57 bits per heavy atom. The third kappa shape index (κ3) is 5.80. The molecular weight excluding hydrogens is 374 g/mol. The van der Waals surface area contributed by atoms with Crippen molar-refractivity contribution in [2.75, 3.05) is 44.9 Å².